The van der Waals surface area contributed by atoms with Crippen molar-refractivity contribution in [3.8, 4) is 0 Å². The van der Waals surface area contributed by atoms with E-state index in [1.54, 1.807) is 0 Å². The van der Waals surface area contributed by atoms with Crippen LogP contribution in [0.25, 0.3) is 0 Å². The highest BCUT2D eigenvalue weighted by Crippen LogP contribution is 2.28. The Kier molecular flexibility index (Phi) is 3.93. The first-order valence-corrected chi connectivity index (χ1v) is 7.02. The van der Waals surface area contributed by atoms with Crippen LogP contribution >= 0.6 is 22.6 Å². The Labute approximate surface area is 120 Å². The van der Waals surface area contributed by atoms with Gasteiger partial charge in [0.1, 0.15) is 5.54 Å². The van der Waals surface area contributed by atoms with Crippen LogP contribution in [0.4, 0.5) is 0 Å². The summed E-state index contributed by atoms with van der Waals surface area (Å²) in [5.41, 5.74) is 6.00. The molecule has 0 aromatic heterocycles. The van der Waals surface area contributed by atoms with Crippen LogP contribution in [0.2, 0.25) is 0 Å². The molecule has 0 bridgehead atoms. The van der Waals surface area contributed by atoms with Gasteiger partial charge >= 0.3 is 5.97 Å². The highest BCUT2D eigenvalue weighted by atomic mass is 127. The Morgan fingerprint density at radius 2 is 2.11 bits per heavy atom. The SMILES string of the molecule is CC(c1ccc(I)cc1)N1CCC(N)(C(=O)O)C1. The van der Waals surface area contributed by atoms with Crippen molar-refractivity contribution >= 4 is 28.6 Å². The van der Waals surface area contributed by atoms with Gasteiger partial charge in [0.05, 0.1) is 0 Å². The van der Waals surface area contributed by atoms with Crippen molar-refractivity contribution in [1.29, 1.82) is 0 Å². The van der Waals surface area contributed by atoms with Crippen molar-refractivity contribution < 1.29 is 9.90 Å². The van der Waals surface area contributed by atoms with Crippen molar-refractivity contribution in [3.63, 3.8) is 0 Å². The number of nitrogens with two attached hydrogens (primary N) is 1. The number of carbonyl (C=O) groups is 1. The van der Waals surface area contributed by atoms with Crippen LogP contribution in [0, 0.1) is 3.57 Å². The average Bonchev–Trinajstić information content (AvgIpc) is 2.73. The Bertz CT molecular complexity index is 449. The molecule has 0 radical (unpaired) electrons. The molecule has 2 atom stereocenters. The summed E-state index contributed by atoms with van der Waals surface area (Å²) in [6, 6.07) is 8.50. The standard InChI is InChI=1S/C13H17IN2O2/c1-9(10-2-4-11(14)5-3-10)16-7-6-13(15,8-16)12(17)18/h2-5,9H,6-8,15H2,1H3,(H,17,18). The van der Waals surface area contributed by atoms with E-state index < -0.39 is 11.5 Å². The fraction of sp³-hybridized carbons (Fsp3) is 0.462. The van der Waals surface area contributed by atoms with Gasteiger partial charge < -0.3 is 10.8 Å². The first-order chi connectivity index (χ1) is 8.42. The zero-order valence-electron chi connectivity index (χ0n) is 10.3. The van der Waals surface area contributed by atoms with Crippen molar-refractivity contribution in [2.45, 2.75) is 24.9 Å². The van der Waals surface area contributed by atoms with Gasteiger partial charge in [-0.05, 0) is 53.6 Å². The lowest BCUT2D eigenvalue weighted by atomic mass is 10.0. The third kappa shape index (κ3) is 2.67. The first-order valence-electron chi connectivity index (χ1n) is 5.94. The van der Waals surface area contributed by atoms with E-state index in [9.17, 15) is 4.79 Å². The molecule has 1 heterocycles. The Hall–Kier alpha value is -0.660. The predicted molar refractivity (Wildman–Crippen MR) is 78.3 cm³/mol. The van der Waals surface area contributed by atoms with Crippen molar-refractivity contribution in [1.82, 2.24) is 4.90 Å². The molecule has 2 unspecified atom stereocenters. The van der Waals surface area contributed by atoms with E-state index in [-0.39, 0.29) is 6.04 Å². The van der Waals surface area contributed by atoms with Gasteiger partial charge in [-0.15, -0.1) is 0 Å². The van der Waals surface area contributed by atoms with Crippen LogP contribution in [-0.2, 0) is 4.79 Å². The van der Waals surface area contributed by atoms with Crippen molar-refractivity contribution in [2.24, 2.45) is 5.73 Å². The van der Waals surface area contributed by atoms with E-state index in [0.717, 1.165) is 6.54 Å². The van der Waals surface area contributed by atoms with Gasteiger partial charge in [0.15, 0.2) is 0 Å². The molecule has 1 fully saturated rings. The monoisotopic (exact) mass is 360 g/mol. The van der Waals surface area contributed by atoms with E-state index in [4.69, 9.17) is 10.8 Å². The summed E-state index contributed by atoms with van der Waals surface area (Å²) in [4.78, 5) is 13.3. The van der Waals surface area contributed by atoms with Crippen LogP contribution < -0.4 is 5.73 Å². The molecule has 5 heteroatoms. The average molecular weight is 360 g/mol. The number of hydrogen-bond acceptors (Lipinski definition) is 3. The second-order valence-electron chi connectivity index (χ2n) is 4.91. The third-order valence-electron chi connectivity index (χ3n) is 3.66. The molecule has 1 aromatic rings. The molecule has 1 aliphatic heterocycles. The maximum atomic E-state index is 11.1. The highest BCUT2D eigenvalue weighted by Gasteiger charge is 2.42. The quantitative estimate of drug-likeness (QED) is 0.808. The molecular weight excluding hydrogens is 343 g/mol. The van der Waals surface area contributed by atoms with Gasteiger partial charge in [-0.1, -0.05) is 12.1 Å². The van der Waals surface area contributed by atoms with Gasteiger partial charge in [-0.25, -0.2) is 0 Å². The minimum atomic E-state index is -1.09. The molecule has 3 N–H and O–H groups in total. The number of carboxylic acid groups (broad SMARTS) is 1. The first kappa shape index (κ1) is 13.8. The van der Waals surface area contributed by atoms with Gasteiger partial charge in [-0.3, -0.25) is 9.69 Å². The van der Waals surface area contributed by atoms with Crippen molar-refractivity contribution in [2.75, 3.05) is 13.1 Å². The van der Waals surface area contributed by atoms with Crippen molar-refractivity contribution in [3.05, 3.63) is 33.4 Å². The predicted octanol–water partition coefficient (Wildman–Crippen LogP) is 1.84. The third-order valence-corrected chi connectivity index (χ3v) is 4.38. The maximum Gasteiger partial charge on any atom is 0.325 e. The molecule has 1 aromatic carbocycles. The van der Waals surface area contributed by atoms with Crippen LogP contribution in [-0.4, -0.2) is 34.6 Å². The Morgan fingerprint density at radius 1 is 1.50 bits per heavy atom. The number of halogens is 1. The highest BCUT2D eigenvalue weighted by molar-refractivity contribution is 14.1. The smallest absolute Gasteiger partial charge is 0.325 e. The maximum absolute atomic E-state index is 11.1. The summed E-state index contributed by atoms with van der Waals surface area (Å²) in [6.45, 7) is 3.24. The Balaban J connectivity index is 2.10. The van der Waals surface area contributed by atoms with Crippen LogP contribution in [0.1, 0.15) is 24.9 Å². The molecule has 1 aliphatic rings. The molecule has 0 saturated carbocycles. The number of hydrogen-bond donors (Lipinski definition) is 2. The number of nitrogens with zero attached hydrogens (tertiary/aromatic N) is 1. The second-order valence-corrected chi connectivity index (χ2v) is 6.15. The lowest BCUT2D eigenvalue weighted by Crippen LogP contribution is -2.50. The fourth-order valence-corrected chi connectivity index (χ4v) is 2.68. The van der Waals surface area contributed by atoms with E-state index in [2.05, 4.69) is 58.7 Å². The molecule has 0 spiro atoms. The number of likely N-dealkylation sites (tertiary alicyclic amines) is 1. The summed E-state index contributed by atoms with van der Waals surface area (Å²) < 4.78 is 1.20. The minimum absolute atomic E-state index is 0.201. The lowest BCUT2D eigenvalue weighted by Gasteiger charge is -2.26. The number of benzene rings is 1. The van der Waals surface area contributed by atoms with E-state index in [1.165, 1.54) is 9.13 Å². The molecule has 1 saturated heterocycles. The lowest BCUT2D eigenvalue weighted by molar-refractivity contribution is -0.142. The summed E-state index contributed by atoms with van der Waals surface area (Å²) in [6.07, 6.45) is 0.511. The molecule has 0 aliphatic carbocycles. The minimum Gasteiger partial charge on any atom is -0.480 e. The van der Waals surface area contributed by atoms with E-state index in [0.29, 0.717) is 13.0 Å². The molecule has 0 amide bonds. The Morgan fingerprint density at radius 3 is 2.61 bits per heavy atom. The largest absolute Gasteiger partial charge is 0.480 e. The molecule has 18 heavy (non-hydrogen) atoms. The summed E-state index contributed by atoms with van der Waals surface area (Å²) in [7, 11) is 0. The number of rotatable bonds is 3. The summed E-state index contributed by atoms with van der Waals surface area (Å²) in [5, 5.41) is 9.13. The fourth-order valence-electron chi connectivity index (χ4n) is 2.32. The summed E-state index contributed by atoms with van der Waals surface area (Å²) in [5.74, 6) is -0.903. The van der Waals surface area contributed by atoms with Gasteiger partial charge in [0.2, 0.25) is 0 Å². The van der Waals surface area contributed by atoms with Gasteiger partial charge in [-0.2, -0.15) is 0 Å². The van der Waals surface area contributed by atoms with Crippen LogP contribution in [0.15, 0.2) is 24.3 Å². The normalized spacial score (nSPS) is 26.2. The molecule has 98 valence electrons. The summed E-state index contributed by atoms with van der Waals surface area (Å²) >= 11 is 2.27. The van der Waals surface area contributed by atoms with Gasteiger partial charge in [0.25, 0.3) is 0 Å². The van der Waals surface area contributed by atoms with Crippen LogP contribution in [0.5, 0.6) is 0 Å². The topological polar surface area (TPSA) is 66.6 Å². The second kappa shape index (κ2) is 5.14. The molecular formula is C13H17IN2O2. The number of aliphatic carboxylic acids is 1. The number of carboxylic acids is 1. The molecule has 2 rings (SSSR count). The van der Waals surface area contributed by atoms with E-state index >= 15 is 0 Å². The van der Waals surface area contributed by atoms with Crippen LogP contribution in [0.3, 0.4) is 0 Å². The zero-order chi connectivity index (χ0) is 13.3. The van der Waals surface area contributed by atoms with Gasteiger partial charge in [0, 0.05) is 22.7 Å². The molecule has 4 nitrogen and oxygen atoms in total. The van der Waals surface area contributed by atoms with E-state index in [1.807, 2.05) is 0 Å². The zero-order valence-corrected chi connectivity index (χ0v) is 12.4.